The van der Waals surface area contributed by atoms with E-state index in [1.165, 1.54) is 0 Å². The van der Waals surface area contributed by atoms with Crippen LogP contribution in [-0.2, 0) is 11.8 Å². The summed E-state index contributed by atoms with van der Waals surface area (Å²) < 4.78 is 6.86. The van der Waals surface area contributed by atoms with Crippen LogP contribution in [0.4, 0.5) is 10.6 Å². The fourth-order valence-corrected chi connectivity index (χ4v) is 1.76. The molecule has 2 aromatic heterocycles. The molecule has 0 aliphatic rings. The van der Waals surface area contributed by atoms with Crippen molar-refractivity contribution >= 4 is 22.8 Å². The van der Waals surface area contributed by atoms with Crippen molar-refractivity contribution in [3.63, 3.8) is 0 Å². The van der Waals surface area contributed by atoms with Gasteiger partial charge < -0.3 is 4.74 Å². The summed E-state index contributed by atoms with van der Waals surface area (Å²) in [5.74, 6) is 0.403. The highest BCUT2D eigenvalue weighted by Crippen LogP contribution is 2.20. The summed E-state index contributed by atoms with van der Waals surface area (Å²) in [5, 5.41) is 7.59. The third-order valence-electron chi connectivity index (χ3n) is 2.42. The molecule has 1 amide bonds. The summed E-state index contributed by atoms with van der Waals surface area (Å²) in [7, 11) is 1.82. The van der Waals surface area contributed by atoms with Crippen molar-refractivity contribution in [3.05, 3.63) is 24.9 Å². The monoisotopic (exact) mass is 261 g/mol. The van der Waals surface area contributed by atoms with Crippen LogP contribution in [-0.4, -0.2) is 26.5 Å². The number of fused-ring (bicyclic) bond motifs is 1. The number of hydrogen-bond donors (Lipinski definition) is 1. The lowest BCUT2D eigenvalue weighted by Gasteiger charge is -2.19. The molecule has 0 unspecified atom stereocenters. The van der Waals surface area contributed by atoms with Gasteiger partial charge in [-0.2, -0.15) is 5.10 Å². The molecule has 0 fully saturated rings. The van der Waals surface area contributed by atoms with E-state index in [0.29, 0.717) is 11.5 Å². The second-order valence-electron chi connectivity index (χ2n) is 5.29. The molecule has 0 bridgehead atoms. The number of ether oxygens (including phenoxy) is 1. The average Bonchev–Trinajstić information content (AvgIpc) is 2.57. The van der Waals surface area contributed by atoms with Crippen LogP contribution in [0, 0.1) is 6.92 Å². The average molecular weight is 261 g/mol. The zero-order chi connectivity index (χ0) is 14.2. The van der Waals surface area contributed by atoms with Crippen LogP contribution in [0.15, 0.2) is 12.3 Å². The van der Waals surface area contributed by atoms with Crippen LogP contribution in [0.3, 0.4) is 0 Å². The molecule has 1 N–H and O–H groups in total. The van der Waals surface area contributed by atoms with Crippen LogP contribution >= 0.6 is 0 Å². The Labute approximate surface area is 111 Å². The molecular formula is C13H17N4O2. The molecule has 1 radical (unpaired) electrons. The fraction of sp³-hybridized carbons (Fsp3) is 0.385. The van der Waals surface area contributed by atoms with Crippen molar-refractivity contribution < 1.29 is 9.53 Å². The minimum absolute atomic E-state index is 0.403. The molecule has 0 saturated carbocycles. The van der Waals surface area contributed by atoms with Gasteiger partial charge in [0.2, 0.25) is 0 Å². The van der Waals surface area contributed by atoms with Gasteiger partial charge in [-0.25, -0.2) is 9.78 Å². The molecule has 0 aromatic carbocycles. The van der Waals surface area contributed by atoms with Gasteiger partial charge in [-0.05, 0) is 33.8 Å². The van der Waals surface area contributed by atoms with E-state index >= 15 is 0 Å². The summed E-state index contributed by atoms with van der Waals surface area (Å²) >= 11 is 0. The Balaban J connectivity index is 2.25. The Morgan fingerprint density at radius 3 is 2.79 bits per heavy atom. The SMILES string of the molecule is [CH2]c1nc(NC(=O)OC(C)(C)C)cc2cnn(C)c12. The number of amides is 1. The molecular weight excluding hydrogens is 244 g/mol. The quantitative estimate of drug-likeness (QED) is 0.856. The van der Waals surface area contributed by atoms with E-state index < -0.39 is 11.7 Å². The Bertz CT molecular complexity index is 625. The molecule has 19 heavy (non-hydrogen) atoms. The predicted octanol–water partition coefficient (Wildman–Crippen LogP) is 2.50. The topological polar surface area (TPSA) is 69.0 Å². The van der Waals surface area contributed by atoms with Crippen molar-refractivity contribution in [1.82, 2.24) is 14.8 Å². The number of pyridine rings is 1. The highest BCUT2D eigenvalue weighted by Gasteiger charge is 2.17. The van der Waals surface area contributed by atoms with Gasteiger partial charge in [0, 0.05) is 12.4 Å². The lowest BCUT2D eigenvalue weighted by Crippen LogP contribution is -2.27. The largest absolute Gasteiger partial charge is 0.444 e. The van der Waals surface area contributed by atoms with Crippen molar-refractivity contribution in [1.29, 1.82) is 0 Å². The number of carbonyl (C=O) groups is 1. The number of aryl methyl sites for hydroxylation is 1. The second kappa shape index (κ2) is 4.53. The number of hydrogen-bond acceptors (Lipinski definition) is 4. The number of aromatic nitrogens is 3. The van der Waals surface area contributed by atoms with Gasteiger partial charge in [-0.15, -0.1) is 0 Å². The molecule has 0 saturated heterocycles. The first-order valence-electron chi connectivity index (χ1n) is 5.91. The van der Waals surface area contributed by atoms with E-state index in [9.17, 15) is 4.79 Å². The molecule has 6 heteroatoms. The van der Waals surface area contributed by atoms with Gasteiger partial charge in [-0.3, -0.25) is 10.00 Å². The molecule has 101 valence electrons. The van der Waals surface area contributed by atoms with Crippen LogP contribution in [0.2, 0.25) is 0 Å². The lowest BCUT2D eigenvalue weighted by atomic mass is 10.2. The molecule has 0 aliphatic carbocycles. The molecule has 2 heterocycles. The molecule has 6 nitrogen and oxygen atoms in total. The van der Waals surface area contributed by atoms with Crippen LogP contribution in [0.25, 0.3) is 10.9 Å². The van der Waals surface area contributed by atoms with Crippen molar-refractivity contribution in [3.8, 4) is 0 Å². The lowest BCUT2D eigenvalue weighted by molar-refractivity contribution is 0.0635. The second-order valence-corrected chi connectivity index (χ2v) is 5.29. The number of carbonyl (C=O) groups excluding carboxylic acids is 1. The maximum absolute atomic E-state index is 11.7. The van der Waals surface area contributed by atoms with Crippen molar-refractivity contribution in [2.45, 2.75) is 26.4 Å². The first kappa shape index (κ1) is 13.3. The number of nitrogens with zero attached hydrogens (tertiary/aromatic N) is 3. The minimum Gasteiger partial charge on any atom is -0.444 e. The van der Waals surface area contributed by atoms with E-state index in [2.05, 4.69) is 22.3 Å². The predicted molar refractivity (Wildman–Crippen MR) is 72.8 cm³/mol. The zero-order valence-electron chi connectivity index (χ0n) is 11.5. The minimum atomic E-state index is -0.546. The van der Waals surface area contributed by atoms with E-state index in [4.69, 9.17) is 4.74 Å². The Morgan fingerprint density at radius 2 is 2.16 bits per heavy atom. The standard InChI is InChI=1S/C13H17N4O2/c1-8-11-9(7-14-17(11)5)6-10(15-8)16-12(18)19-13(2,3)4/h6-7H,1H2,2-5H3,(H,15,16,18). The van der Waals surface area contributed by atoms with Gasteiger partial charge in [0.25, 0.3) is 0 Å². The van der Waals surface area contributed by atoms with Gasteiger partial charge in [0.05, 0.1) is 17.4 Å². The number of rotatable bonds is 1. The van der Waals surface area contributed by atoms with E-state index in [1.54, 1.807) is 37.7 Å². The van der Waals surface area contributed by atoms with Crippen molar-refractivity contribution in [2.24, 2.45) is 7.05 Å². The van der Waals surface area contributed by atoms with Gasteiger partial charge >= 0.3 is 6.09 Å². The van der Waals surface area contributed by atoms with Gasteiger partial charge in [0.1, 0.15) is 11.4 Å². The molecule has 0 spiro atoms. The van der Waals surface area contributed by atoms with Crippen molar-refractivity contribution in [2.75, 3.05) is 5.32 Å². The normalized spacial score (nSPS) is 11.6. The fourth-order valence-electron chi connectivity index (χ4n) is 1.76. The first-order chi connectivity index (χ1) is 8.76. The first-order valence-corrected chi connectivity index (χ1v) is 5.91. The Kier molecular flexibility index (Phi) is 3.18. The Morgan fingerprint density at radius 1 is 1.47 bits per heavy atom. The van der Waals surface area contributed by atoms with Crippen LogP contribution in [0.1, 0.15) is 26.5 Å². The summed E-state index contributed by atoms with van der Waals surface area (Å²) in [6, 6.07) is 1.74. The van der Waals surface area contributed by atoms with Crippen LogP contribution < -0.4 is 5.32 Å². The molecule has 0 aliphatic heterocycles. The maximum atomic E-state index is 11.7. The smallest absolute Gasteiger partial charge is 0.413 e. The van der Waals surface area contributed by atoms with Crippen LogP contribution in [0.5, 0.6) is 0 Å². The summed E-state index contributed by atoms with van der Waals surface area (Å²) in [6.07, 6.45) is 1.16. The van der Waals surface area contributed by atoms with E-state index in [0.717, 1.165) is 10.9 Å². The third kappa shape index (κ3) is 3.01. The third-order valence-corrected chi connectivity index (χ3v) is 2.42. The summed E-state index contributed by atoms with van der Waals surface area (Å²) in [5.41, 5.74) is 0.855. The molecule has 2 rings (SSSR count). The number of nitrogens with one attached hydrogen (secondary N) is 1. The van der Waals surface area contributed by atoms with E-state index in [-0.39, 0.29) is 0 Å². The summed E-state index contributed by atoms with van der Waals surface area (Å²) in [4.78, 5) is 15.9. The van der Waals surface area contributed by atoms with E-state index in [1.807, 2.05) is 7.05 Å². The van der Waals surface area contributed by atoms with Gasteiger partial charge in [0.15, 0.2) is 0 Å². The maximum Gasteiger partial charge on any atom is 0.413 e. The highest BCUT2D eigenvalue weighted by molar-refractivity contribution is 5.89. The highest BCUT2D eigenvalue weighted by atomic mass is 16.6. The number of anilines is 1. The Hall–Kier alpha value is -2.11. The summed E-state index contributed by atoms with van der Waals surface area (Å²) in [6.45, 7) is 9.27. The molecule has 2 aromatic rings. The zero-order valence-corrected chi connectivity index (χ0v) is 11.5. The van der Waals surface area contributed by atoms with Gasteiger partial charge in [-0.1, -0.05) is 0 Å². The molecule has 0 atom stereocenters.